The molecular formula is C21H28N4O. The average molecular weight is 352 g/mol. The molecule has 1 saturated carbocycles. The lowest BCUT2D eigenvalue weighted by Crippen LogP contribution is -2.36. The second kappa shape index (κ2) is 8.79. The molecule has 2 N–H and O–H groups in total. The third kappa shape index (κ3) is 4.40. The summed E-state index contributed by atoms with van der Waals surface area (Å²) in [7, 11) is 0. The molecule has 1 aromatic carbocycles. The van der Waals surface area contributed by atoms with Crippen LogP contribution in [0.5, 0.6) is 0 Å². The highest BCUT2D eigenvalue weighted by Crippen LogP contribution is 2.25. The van der Waals surface area contributed by atoms with Crippen molar-refractivity contribution in [3.8, 4) is 0 Å². The van der Waals surface area contributed by atoms with E-state index in [4.69, 9.17) is 0 Å². The molecule has 0 spiro atoms. The maximum Gasteiger partial charge on any atom is 0.271 e. The van der Waals surface area contributed by atoms with Crippen molar-refractivity contribution in [2.75, 3.05) is 5.32 Å². The summed E-state index contributed by atoms with van der Waals surface area (Å²) in [6.07, 6.45) is 10.9. The molecule has 5 nitrogen and oxygen atoms in total. The van der Waals surface area contributed by atoms with Crippen molar-refractivity contribution >= 4 is 17.4 Å². The molecule has 2 aromatic rings. The van der Waals surface area contributed by atoms with E-state index in [1.54, 1.807) is 12.4 Å². The van der Waals surface area contributed by atoms with Crippen LogP contribution < -0.4 is 10.6 Å². The number of carbonyl (C=O) groups is 1. The van der Waals surface area contributed by atoms with Crippen LogP contribution in [0.15, 0.2) is 30.6 Å². The third-order valence-corrected chi connectivity index (χ3v) is 5.08. The molecule has 0 bridgehead atoms. The van der Waals surface area contributed by atoms with Crippen LogP contribution >= 0.6 is 0 Å². The molecule has 1 aliphatic carbocycles. The molecule has 0 unspecified atom stereocenters. The van der Waals surface area contributed by atoms with Crippen LogP contribution in [0.1, 0.15) is 67.6 Å². The Kier molecular flexibility index (Phi) is 6.21. The predicted molar refractivity (Wildman–Crippen MR) is 105 cm³/mol. The van der Waals surface area contributed by atoms with Gasteiger partial charge in [0, 0.05) is 11.7 Å². The number of benzene rings is 1. The molecule has 0 aliphatic heterocycles. The first kappa shape index (κ1) is 18.4. The van der Waals surface area contributed by atoms with Gasteiger partial charge in [-0.05, 0) is 36.8 Å². The number of para-hydroxylation sites is 1. The van der Waals surface area contributed by atoms with E-state index in [0.717, 1.165) is 31.4 Å². The Balaban J connectivity index is 1.69. The molecule has 0 atom stereocenters. The van der Waals surface area contributed by atoms with Gasteiger partial charge in [0.15, 0.2) is 0 Å². The summed E-state index contributed by atoms with van der Waals surface area (Å²) < 4.78 is 0. The Bertz CT molecular complexity index is 714. The third-order valence-electron chi connectivity index (χ3n) is 5.08. The van der Waals surface area contributed by atoms with Crippen LogP contribution in [0.4, 0.5) is 11.5 Å². The van der Waals surface area contributed by atoms with Crippen molar-refractivity contribution in [3.05, 3.63) is 47.4 Å². The van der Waals surface area contributed by atoms with Crippen LogP contribution in [-0.4, -0.2) is 21.9 Å². The van der Waals surface area contributed by atoms with E-state index in [9.17, 15) is 4.79 Å². The Morgan fingerprint density at radius 1 is 1.04 bits per heavy atom. The maximum absolute atomic E-state index is 12.3. The highest BCUT2D eigenvalue weighted by Gasteiger charge is 2.17. The molecule has 5 heteroatoms. The lowest BCUT2D eigenvalue weighted by molar-refractivity contribution is 0.0922. The largest absolute Gasteiger partial charge is 0.348 e. The van der Waals surface area contributed by atoms with Gasteiger partial charge < -0.3 is 10.6 Å². The summed E-state index contributed by atoms with van der Waals surface area (Å²) in [5, 5.41) is 6.46. The summed E-state index contributed by atoms with van der Waals surface area (Å²) in [5.41, 5.74) is 3.99. The van der Waals surface area contributed by atoms with E-state index in [2.05, 4.69) is 52.6 Å². The molecule has 26 heavy (non-hydrogen) atoms. The van der Waals surface area contributed by atoms with Gasteiger partial charge in [-0.3, -0.25) is 4.79 Å². The smallest absolute Gasteiger partial charge is 0.271 e. The summed E-state index contributed by atoms with van der Waals surface area (Å²) in [4.78, 5) is 21.1. The van der Waals surface area contributed by atoms with Gasteiger partial charge in [-0.15, -0.1) is 0 Å². The lowest BCUT2D eigenvalue weighted by Gasteiger charge is -2.22. The van der Waals surface area contributed by atoms with E-state index >= 15 is 0 Å². The predicted octanol–water partition coefficient (Wildman–Crippen LogP) is 4.41. The van der Waals surface area contributed by atoms with E-state index in [-0.39, 0.29) is 11.9 Å². The summed E-state index contributed by atoms with van der Waals surface area (Å²) in [6, 6.07) is 6.62. The number of amides is 1. The normalized spacial score (nSPS) is 14.8. The minimum absolute atomic E-state index is 0.126. The highest BCUT2D eigenvalue weighted by molar-refractivity contribution is 5.92. The lowest BCUT2D eigenvalue weighted by atomic mass is 9.95. The van der Waals surface area contributed by atoms with Gasteiger partial charge in [-0.2, -0.15) is 0 Å². The van der Waals surface area contributed by atoms with Gasteiger partial charge in [0.2, 0.25) is 0 Å². The zero-order valence-electron chi connectivity index (χ0n) is 15.7. The first-order valence-electron chi connectivity index (χ1n) is 9.72. The monoisotopic (exact) mass is 352 g/mol. The van der Waals surface area contributed by atoms with Crippen molar-refractivity contribution in [2.24, 2.45) is 0 Å². The molecule has 1 aliphatic rings. The van der Waals surface area contributed by atoms with Crippen molar-refractivity contribution in [1.29, 1.82) is 0 Å². The number of carbonyl (C=O) groups excluding carboxylic acids is 1. The number of aryl methyl sites for hydroxylation is 2. The number of anilines is 2. The molecule has 138 valence electrons. The quantitative estimate of drug-likeness (QED) is 0.808. The van der Waals surface area contributed by atoms with Gasteiger partial charge in [-0.1, -0.05) is 51.3 Å². The SMILES string of the molecule is CCc1cccc(CC)c1Nc1cnc(C(=O)NC2CCCCC2)cn1. The van der Waals surface area contributed by atoms with Gasteiger partial charge in [-0.25, -0.2) is 9.97 Å². The van der Waals surface area contributed by atoms with Gasteiger partial charge in [0.25, 0.3) is 5.91 Å². The molecule has 1 heterocycles. The van der Waals surface area contributed by atoms with Crippen LogP contribution in [0.2, 0.25) is 0 Å². The van der Waals surface area contributed by atoms with Crippen LogP contribution in [-0.2, 0) is 12.8 Å². The van der Waals surface area contributed by atoms with E-state index < -0.39 is 0 Å². The molecule has 1 amide bonds. The average Bonchev–Trinajstić information content (AvgIpc) is 2.69. The van der Waals surface area contributed by atoms with E-state index in [0.29, 0.717) is 11.5 Å². The zero-order valence-corrected chi connectivity index (χ0v) is 15.7. The topological polar surface area (TPSA) is 66.9 Å². The van der Waals surface area contributed by atoms with Gasteiger partial charge in [0.05, 0.1) is 12.4 Å². The fourth-order valence-electron chi connectivity index (χ4n) is 3.55. The highest BCUT2D eigenvalue weighted by atomic mass is 16.1. The standard InChI is InChI=1S/C21H28N4O/c1-3-15-9-8-10-16(4-2)20(15)25-19-14-22-18(13-23-19)21(26)24-17-11-6-5-7-12-17/h8-10,13-14,17H,3-7,11-12H2,1-2H3,(H,23,25)(H,24,26). The first-order valence-corrected chi connectivity index (χ1v) is 9.72. The Labute approximate surface area is 155 Å². The number of hydrogen-bond donors (Lipinski definition) is 2. The van der Waals surface area contributed by atoms with E-state index in [1.807, 2.05) is 0 Å². The maximum atomic E-state index is 12.3. The first-order chi connectivity index (χ1) is 12.7. The number of aromatic nitrogens is 2. The van der Waals surface area contributed by atoms with Crippen molar-refractivity contribution < 1.29 is 4.79 Å². The van der Waals surface area contributed by atoms with Gasteiger partial charge >= 0.3 is 0 Å². The Morgan fingerprint density at radius 3 is 2.31 bits per heavy atom. The number of nitrogens with zero attached hydrogens (tertiary/aromatic N) is 2. The minimum Gasteiger partial charge on any atom is -0.348 e. The Hall–Kier alpha value is -2.43. The fraction of sp³-hybridized carbons (Fsp3) is 0.476. The van der Waals surface area contributed by atoms with Crippen LogP contribution in [0, 0.1) is 0 Å². The summed E-state index contributed by atoms with van der Waals surface area (Å²) in [6.45, 7) is 4.29. The molecule has 1 aromatic heterocycles. The molecular weight excluding hydrogens is 324 g/mol. The minimum atomic E-state index is -0.126. The summed E-state index contributed by atoms with van der Waals surface area (Å²) in [5.74, 6) is 0.536. The molecule has 1 fully saturated rings. The second-order valence-corrected chi connectivity index (χ2v) is 6.88. The van der Waals surface area contributed by atoms with Crippen molar-refractivity contribution in [2.45, 2.75) is 64.8 Å². The number of nitrogens with one attached hydrogen (secondary N) is 2. The number of hydrogen-bond acceptors (Lipinski definition) is 4. The van der Waals surface area contributed by atoms with Crippen molar-refractivity contribution in [3.63, 3.8) is 0 Å². The number of rotatable bonds is 6. The molecule has 0 radical (unpaired) electrons. The summed E-state index contributed by atoms with van der Waals surface area (Å²) >= 11 is 0. The van der Waals surface area contributed by atoms with Crippen molar-refractivity contribution in [1.82, 2.24) is 15.3 Å². The zero-order chi connectivity index (χ0) is 18.4. The molecule has 0 saturated heterocycles. The second-order valence-electron chi connectivity index (χ2n) is 6.88. The van der Waals surface area contributed by atoms with E-state index in [1.165, 1.54) is 30.4 Å². The molecule has 3 rings (SSSR count). The Morgan fingerprint density at radius 2 is 1.73 bits per heavy atom. The van der Waals surface area contributed by atoms with Crippen LogP contribution in [0.25, 0.3) is 0 Å². The van der Waals surface area contributed by atoms with Gasteiger partial charge in [0.1, 0.15) is 11.5 Å². The fourth-order valence-corrected chi connectivity index (χ4v) is 3.55. The van der Waals surface area contributed by atoms with Crippen LogP contribution in [0.3, 0.4) is 0 Å².